The molecule has 2 N–H and O–H groups in total. The molecule has 0 heterocycles. The maximum absolute atomic E-state index is 9.99. The monoisotopic (exact) mass is 250 g/mol. The summed E-state index contributed by atoms with van der Waals surface area (Å²) in [6, 6.07) is 6.41. The summed E-state index contributed by atoms with van der Waals surface area (Å²) in [5.74, 6) is 0.270. The Labute approximate surface area is 111 Å². The maximum atomic E-state index is 9.99. The fraction of sp³-hybridized carbons (Fsp3) is 0.625. The number of aryl methyl sites for hydroxylation is 2. The highest BCUT2D eigenvalue weighted by atomic mass is 16.3. The molecule has 0 spiro atoms. The minimum atomic E-state index is -0.625. The van der Waals surface area contributed by atoms with E-state index < -0.39 is 12.2 Å². The summed E-state index contributed by atoms with van der Waals surface area (Å²) in [5, 5.41) is 19.8. The van der Waals surface area contributed by atoms with Crippen molar-refractivity contribution in [1.29, 1.82) is 0 Å². The average molecular weight is 250 g/mol. The van der Waals surface area contributed by atoms with Gasteiger partial charge in [-0.05, 0) is 43.7 Å². The van der Waals surface area contributed by atoms with Crippen molar-refractivity contribution >= 4 is 0 Å². The average Bonchev–Trinajstić information content (AvgIpc) is 2.32. The lowest BCUT2D eigenvalue weighted by molar-refractivity contribution is 0.00635. The van der Waals surface area contributed by atoms with E-state index in [0.717, 1.165) is 6.42 Å². The van der Waals surface area contributed by atoms with Crippen molar-refractivity contribution in [3.63, 3.8) is 0 Å². The Morgan fingerprint density at radius 2 is 1.78 bits per heavy atom. The first-order valence-corrected chi connectivity index (χ1v) is 6.89. The summed E-state index contributed by atoms with van der Waals surface area (Å²) < 4.78 is 0. The molecular formula is C16H26O2. The van der Waals surface area contributed by atoms with Gasteiger partial charge in [-0.2, -0.15) is 0 Å². The lowest BCUT2D eigenvalue weighted by Gasteiger charge is -2.22. The van der Waals surface area contributed by atoms with E-state index in [1.807, 2.05) is 6.92 Å². The molecule has 0 saturated carbocycles. The standard InChI is InChI=1S/C16H26O2/c1-5-6-15(17)16(18)10-13(4)14-9-11(2)7-8-12(14)3/h7-9,13,15-18H,5-6,10H2,1-4H3. The lowest BCUT2D eigenvalue weighted by Crippen LogP contribution is -2.27. The Bertz CT molecular complexity index is 373. The zero-order valence-electron chi connectivity index (χ0n) is 12.0. The van der Waals surface area contributed by atoms with E-state index in [4.69, 9.17) is 0 Å². The molecule has 3 unspecified atom stereocenters. The molecule has 0 bridgehead atoms. The Morgan fingerprint density at radius 3 is 2.39 bits per heavy atom. The number of rotatable bonds is 6. The molecule has 0 aliphatic carbocycles. The molecule has 18 heavy (non-hydrogen) atoms. The van der Waals surface area contributed by atoms with E-state index in [2.05, 4.69) is 39.0 Å². The molecular weight excluding hydrogens is 224 g/mol. The zero-order chi connectivity index (χ0) is 13.7. The van der Waals surface area contributed by atoms with Gasteiger partial charge in [0.25, 0.3) is 0 Å². The summed E-state index contributed by atoms with van der Waals surface area (Å²) in [7, 11) is 0. The molecule has 1 aromatic rings. The molecule has 0 aliphatic rings. The van der Waals surface area contributed by atoms with Crippen LogP contribution in [0.25, 0.3) is 0 Å². The van der Waals surface area contributed by atoms with E-state index >= 15 is 0 Å². The van der Waals surface area contributed by atoms with Crippen LogP contribution in [0.3, 0.4) is 0 Å². The molecule has 2 heteroatoms. The van der Waals surface area contributed by atoms with Crippen LogP contribution in [0.4, 0.5) is 0 Å². The second-order valence-electron chi connectivity index (χ2n) is 5.42. The van der Waals surface area contributed by atoms with Gasteiger partial charge in [-0.1, -0.05) is 44.0 Å². The molecule has 0 amide bonds. The number of aliphatic hydroxyl groups excluding tert-OH is 2. The molecule has 1 rings (SSSR count). The summed E-state index contributed by atoms with van der Waals surface area (Å²) in [4.78, 5) is 0. The van der Waals surface area contributed by atoms with Gasteiger partial charge in [0.1, 0.15) is 0 Å². The van der Waals surface area contributed by atoms with Crippen LogP contribution in [0.2, 0.25) is 0 Å². The topological polar surface area (TPSA) is 40.5 Å². The smallest absolute Gasteiger partial charge is 0.0804 e. The fourth-order valence-corrected chi connectivity index (χ4v) is 2.43. The first kappa shape index (κ1) is 15.2. The Morgan fingerprint density at radius 1 is 1.11 bits per heavy atom. The predicted octanol–water partition coefficient (Wildman–Crippen LogP) is 3.32. The van der Waals surface area contributed by atoms with E-state index in [9.17, 15) is 10.2 Å². The van der Waals surface area contributed by atoms with Gasteiger partial charge in [-0.25, -0.2) is 0 Å². The minimum Gasteiger partial charge on any atom is -0.390 e. The van der Waals surface area contributed by atoms with Gasteiger partial charge < -0.3 is 10.2 Å². The first-order valence-electron chi connectivity index (χ1n) is 6.89. The van der Waals surface area contributed by atoms with Gasteiger partial charge in [0, 0.05) is 0 Å². The van der Waals surface area contributed by atoms with Gasteiger partial charge in [0.05, 0.1) is 12.2 Å². The number of aliphatic hydroxyl groups is 2. The highest BCUT2D eigenvalue weighted by Gasteiger charge is 2.20. The van der Waals surface area contributed by atoms with Crippen LogP contribution in [0, 0.1) is 13.8 Å². The van der Waals surface area contributed by atoms with Crippen molar-refractivity contribution in [2.75, 3.05) is 0 Å². The molecule has 0 aromatic heterocycles. The van der Waals surface area contributed by atoms with Crippen LogP contribution >= 0.6 is 0 Å². The highest BCUT2D eigenvalue weighted by molar-refractivity contribution is 5.33. The van der Waals surface area contributed by atoms with Gasteiger partial charge in [0.15, 0.2) is 0 Å². The Kier molecular flexibility index (Phi) is 5.83. The van der Waals surface area contributed by atoms with Crippen LogP contribution in [0.5, 0.6) is 0 Å². The van der Waals surface area contributed by atoms with Crippen LogP contribution in [0.15, 0.2) is 18.2 Å². The highest BCUT2D eigenvalue weighted by Crippen LogP contribution is 2.26. The van der Waals surface area contributed by atoms with Crippen molar-refractivity contribution in [1.82, 2.24) is 0 Å². The molecule has 0 aliphatic heterocycles. The Balaban J connectivity index is 2.69. The van der Waals surface area contributed by atoms with Crippen LogP contribution in [-0.4, -0.2) is 22.4 Å². The second-order valence-corrected chi connectivity index (χ2v) is 5.42. The molecule has 1 aromatic carbocycles. The molecule has 0 fully saturated rings. The SMILES string of the molecule is CCCC(O)C(O)CC(C)c1cc(C)ccc1C. The van der Waals surface area contributed by atoms with Gasteiger partial charge in [0.2, 0.25) is 0 Å². The first-order chi connectivity index (χ1) is 8.45. The number of benzene rings is 1. The number of hydrogen-bond donors (Lipinski definition) is 2. The third-order valence-corrected chi connectivity index (χ3v) is 3.59. The third kappa shape index (κ3) is 4.11. The van der Waals surface area contributed by atoms with Crippen molar-refractivity contribution < 1.29 is 10.2 Å². The van der Waals surface area contributed by atoms with E-state index in [1.165, 1.54) is 16.7 Å². The van der Waals surface area contributed by atoms with Crippen LogP contribution in [0.1, 0.15) is 55.7 Å². The predicted molar refractivity (Wildman–Crippen MR) is 75.9 cm³/mol. The lowest BCUT2D eigenvalue weighted by atomic mass is 9.88. The largest absolute Gasteiger partial charge is 0.390 e. The molecule has 2 nitrogen and oxygen atoms in total. The van der Waals surface area contributed by atoms with Gasteiger partial charge in [-0.3, -0.25) is 0 Å². The van der Waals surface area contributed by atoms with Crippen molar-refractivity contribution in [2.45, 2.75) is 65.1 Å². The van der Waals surface area contributed by atoms with Crippen LogP contribution in [-0.2, 0) is 0 Å². The van der Waals surface area contributed by atoms with Gasteiger partial charge >= 0.3 is 0 Å². The molecule has 0 saturated heterocycles. The summed E-state index contributed by atoms with van der Waals surface area (Å²) >= 11 is 0. The van der Waals surface area contributed by atoms with Crippen molar-refractivity contribution in [2.24, 2.45) is 0 Å². The maximum Gasteiger partial charge on any atom is 0.0804 e. The van der Waals surface area contributed by atoms with Crippen molar-refractivity contribution in [3.8, 4) is 0 Å². The van der Waals surface area contributed by atoms with E-state index in [1.54, 1.807) is 0 Å². The van der Waals surface area contributed by atoms with Crippen LogP contribution < -0.4 is 0 Å². The fourth-order valence-electron chi connectivity index (χ4n) is 2.43. The molecule has 0 radical (unpaired) electrons. The summed E-state index contributed by atoms with van der Waals surface area (Å²) in [5.41, 5.74) is 3.77. The minimum absolute atomic E-state index is 0.270. The molecule has 102 valence electrons. The third-order valence-electron chi connectivity index (χ3n) is 3.59. The summed E-state index contributed by atoms with van der Waals surface area (Å²) in [6.07, 6.45) is 0.963. The molecule has 3 atom stereocenters. The van der Waals surface area contributed by atoms with E-state index in [0.29, 0.717) is 12.8 Å². The zero-order valence-corrected chi connectivity index (χ0v) is 12.0. The second kappa shape index (κ2) is 6.91. The van der Waals surface area contributed by atoms with E-state index in [-0.39, 0.29) is 5.92 Å². The normalized spacial score (nSPS) is 16.3. The van der Waals surface area contributed by atoms with Crippen molar-refractivity contribution in [3.05, 3.63) is 34.9 Å². The summed E-state index contributed by atoms with van der Waals surface area (Å²) in [6.45, 7) is 8.31. The number of hydrogen-bond acceptors (Lipinski definition) is 2. The van der Waals surface area contributed by atoms with Gasteiger partial charge in [-0.15, -0.1) is 0 Å². The Hall–Kier alpha value is -0.860. The quantitative estimate of drug-likeness (QED) is 0.813.